The lowest BCUT2D eigenvalue weighted by atomic mass is 10.1. The minimum Gasteiger partial charge on any atom is -0.195 e. The lowest BCUT2D eigenvalue weighted by Gasteiger charge is -2.08. The fraction of sp³-hybridized carbons (Fsp3) is 0.105. The van der Waals surface area contributed by atoms with E-state index in [9.17, 15) is 13.2 Å². The van der Waals surface area contributed by atoms with Crippen molar-refractivity contribution in [3.8, 4) is 11.1 Å². The number of alkyl halides is 3. The average Bonchev–Trinajstić information content (AvgIpc) is 3.06. The molecule has 2 aromatic heterocycles. The van der Waals surface area contributed by atoms with Crippen LogP contribution in [0.1, 0.15) is 17.0 Å². The van der Waals surface area contributed by atoms with Gasteiger partial charge in [0.05, 0.1) is 16.8 Å². The molecule has 0 bridgehead atoms. The lowest BCUT2D eigenvalue weighted by Crippen LogP contribution is -2.05. The Balaban J connectivity index is 1.66. The van der Waals surface area contributed by atoms with Gasteiger partial charge in [0.15, 0.2) is 11.5 Å². The first-order valence-electron chi connectivity index (χ1n) is 8.14. The predicted molar refractivity (Wildman–Crippen MR) is 100 cm³/mol. The van der Waals surface area contributed by atoms with E-state index in [1.165, 1.54) is 16.6 Å². The van der Waals surface area contributed by atoms with Crippen LogP contribution in [0.15, 0.2) is 54.7 Å². The van der Waals surface area contributed by atoms with E-state index < -0.39 is 11.7 Å². The molecule has 4 rings (SSSR count). The summed E-state index contributed by atoms with van der Waals surface area (Å²) in [6, 6.07) is 12.0. The zero-order valence-corrected chi connectivity index (χ0v) is 15.6. The number of hydrogen-bond donors (Lipinski definition) is 0. The second kappa shape index (κ2) is 7.07. The Morgan fingerprint density at radius 2 is 1.57 bits per heavy atom. The van der Waals surface area contributed by atoms with E-state index in [0.717, 1.165) is 17.7 Å². The minimum absolute atomic E-state index is 0.267. The van der Waals surface area contributed by atoms with Gasteiger partial charge in [-0.3, -0.25) is 0 Å². The molecule has 2 heterocycles. The van der Waals surface area contributed by atoms with Crippen molar-refractivity contribution in [3.63, 3.8) is 0 Å². The Labute approximate surface area is 167 Å². The molecule has 4 aromatic rings. The summed E-state index contributed by atoms with van der Waals surface area (Å²) >= 11 is 12.4. The van der Waals surface area contributed by atoms with Crippen molar-refractivity contribution in [3.05, 3.63) is 81.7 Å². The van der Waals surface area contributed by atoms with E-state index in [2.05, 4.69) is 15.3 Å². The lowest BCUT2D eigenvalue weighted by molar-refractivity contribution is -0.137. The van der Waals surface area contributed by atoms with Crippen LogP contribution < -0.4 is 0 Å². The van der Waals surface area contributed by atoms with Crippen molar-refractivity contribution in [2.45, 2.75) is 12.6 Å². The van der Waals surface area contributed by atoms with Gasteiger partial charge in [-0.05, 0) is 35.4 Å². The van der Waals surface area contributed by atoms with Crippen LogP contribution in [0.4, 0.5) is 13.2 Å². The maximum atomic E-state index is 12.7. The summed E-state index contributed by atoms with van der Waals surface area (Å²) in [5.74, 6) is 0.472. The van der Waals surface area contributed by atoms with Crippen LogP contribution in [0.5, 0.6) is 0 Å². The average molecular weight is 423 g/mol. The summed E-state index contributed by atoms with van der Waals surface area (Å²) in [5.41, 5.74) is 1.84. The van der Waals surface area contributed by atoms with Gasteiger partial charge in [-0.1, -0.05) is 47.5 Å². The van der Waals surface area contributed by atoms with Crippen LogP contribution in [-0.2, 0) is 12.6 Å². The Morgan fingerprint density at radius 1 is 0.893 bits per heavy atom. The summed E-state index contributed by atoms with van der Waals surface area (Å²) in [6.07, 6.45) is -2.51. The van der Waals surface area contributed by atoms with E-state index in [4.69, 9.17) is 23.2 Å². The minimum atomic E-state index is -4.37. The molecule has 0 spiro atoms. The van der Waals surface area contributed by atoms with Crippen LogP contribution in [-0.4, -0.2) is 19.8 Å². The Bertz CT molecular complexity index is 1140. The van der Waals surface area contributed by atoms with Crippen molar-refractivity contribution in [2.24, 2.45) is 0 Å². The molecule has 4 nitrogen and oxygen atoms in total. The molecule has 0 atom stereocenters. The summed E-state index contributed by atoms with van der Waals surface area (Å²) < 4.78 is 39.6. The standard InChI is InChI=1S/C19H11Cl2F3N4/c20-14-7-3-12(4-8-14)15-10-25-28-16(26-27-18(28)17(15)21)9-11-1-5-13(6-2-11)19(22,23)24/h1-8,10H,9H2. The molecule has 0 amide bonds. The second-order valence-corrected chi connectivity index (χ2v) is 6.92. The van der Waals surface area contributed by atoms with Crippen molar-refractivity contribution in [1.82, 2.24) is 19.8 Å². The van der Waals surface area contributed by atoms with Gasteiger partial charge in [-0.2, -0.15) is 22.8 Å². The zero-order chi connectivity index (χ0) is 19.9. The van der Waals surface area contributed by atoms with Crippen LogP contribution in [0, 0.1) is 0 Å². The van der Waals surface area contributed by atoms with Gasteiger partial charge in [0, 0.05) is 17.0 Å². The van der Waals surface area contributed by atoms with E-state index in [0.29, 0.717) is 32.6 Å². The molecule has 2 aromatic carbocycles. The Morgan fingerprint density at radius 3 is 2.21 bits per heavy atom. The van der Waals surface area contributed by atoms with Crippen LogP contribution in [0.3, 0.4) is 0 Å². The van der Waals surface area contributed by atoms with Gasteiger partial charge in [0.2, 0.25) is 0 Å². The molecule has 0 saturated carbocycles. The Hall–Kier alpha value is -2.64. The van der Waals surface area contributed by atoms with Gasteiger partial charge in [0.1, 0.15) is 0 Å². The van der Waals surface area contributed by atoms with E-state index in [-0.39, 0.29) is 6.42 Å². The first-order valence-corrected chi connectivity index (χ1v) is 8.89. The van der Waals surface area contributed by atoms with Gasteiger partial charge < -0.3 is 0 Å². The number of hydrogen-bond acceptors (Lipinski definition) is 3. The van der Waals surface area contributed by atoms with Crippen molar-refractivity contribution in [1.29, 1.82) is 0 Å². The maximum Gasteiger partial charge on any atom is 0.416 e. The molecule has 9 heteroatoms. The van der Waals surface area contributed by atoms with E-state index >= 15 is 0 Å². The Kier molecular flexibility index (Phi) is 4.72. The fourth-order valence-electron chi connectivity index (χ4n) is 2.80. The number of benzene rings is 2. The van der Waals surface area contributed by atoms with Gasteiger partial charge in [-0.25, -0.2) is 0 Å². The topological polar surface area (TPSA) is 43.1 Å². The highest BCUT2D eigenvalue weighted by atomic mass is 35.5. The number of fused-ring (bicyclic) bond motifs is 1. The third-order valence-electron chi connectivity index (χ3n) is 4.24. The molecule has 0 aliphatic heterocycles. The van der Waals surface area contributed by atoms with Crippen molar-refractivity contribution >= 4 is 28.8 Å². The summed E-state index contributed by atoms with van der Waals surface area (Å²) in [6.45, 7) is 0. The highest BCUT2D eigenvalue weighted by Crippen LogP contribution is 2.31. The quantitative estimate of drug-likeness (QED) is 0.424. The molecule has 0 fully saturated rings. The van der Waals surface area contributed by atoms with Gasteiger partial charge in [-0.15, -0.1) is 10.2 Å². The normalized spacial score (nSPS) is 11.9. The molecule has 0 unspecified atom stereocenters. The molecule has 0 N–H and O–H groups in total. The second-order valence-electron chi connectivity index (χ2n) is 6.10. The van der Waals surface area contributed by atoms with Crippen LogP contribution >= 0.6 is 23.2 Å². The zero-order valence-electron chi connectivity index (χ0n) is 14.1. The highest BCUT2D eigenvalue weighted by molar-refractivity contribution is 6.36. The molecular formula is C19H11Cl2F3N4. The smallest absolute Gasteiger partial charge is 0.195 e. The first kappa shape index (κ1) is 18.7. The molecule has 28 heavy (non-hydrogen) atoms. The molecular weight excluding hydrogens is 412 g/mol. The van der Waals surface area contributed by atoms with Crippen molar-refractivity contribution < 1.29 is 13.2 Å². The number of aromatic nitrogens is 4. The first-order chi connectivity index (χ1) is 13.3. The molecule has 142 valence electrons. The molecule has 0 radical (unpaired) electrons. The number of halogens is 5. The SMILES string of the molecule is FC(F)(F)c1ccc(Cc2nnc3c(Cl)c(-c4ccc(Cl)cc4)cnn23)cc1. The highest BCUT2D eigenvalue weighted by Gasteiger charge is 2.30. The fourth-order valence-corrected chi connectivity index (χ4v) is 3.20. The predicted octanol–water partition coefficient (Wildman–Crippen LogP) is 5.71. The van der Waals surface area contributed by atoms with E-state index in [1.54, 1.807) is 18.3 Å². The van der Waals surface area contributed by atoms with Crippen LogP contribution in [0.25, 0.3) is 16.8 Å². The monoisotopic (exact) mass is 422 g/mol. The summed E-state index contributed by atoms with van der Waals surface area (Å²) in [4.78, 5) is 0. The summed E-state index contributed by atoms with van der Waals surface area (Å²) in [7, 11) is 0. The third kappa shape index (κ3) is 3.55. The largest absolute Gasteiger partial charge is 0.416 e. The molecule has 0 aliphatic carbocycles. The van der Waals surface area contributed by atoms with Crippen molar-refractivity contribution in [2.75, 3.05) is 0 Å². The molecule has 0 aliphatic rings. The number of rotatable bonds is 3. The van der Waals surface area contributed by atoms with Crippen LogP contribution in [0.2, 0.25) is 10.0 Å². The number of nitrogens with zero attached hydrogens (tertiary/aromatic N) is 4. The third-order valence-corrected chi connectivity index (χ3v) is 4.86. The van der Waals surface area contributed by atoms with Gasteiger partial charge >= 0.3 is 6.18 Å². The van der Waals surface area contributed by atoms with Gasteiger partial charge in [0.25, 0.3) is 0 Å². The maximum absolute atomic E-state index is 12.7. The van der Waals surface area contributed by atoms with E-state index in [1.807, 2.05) is 12.1 Å². The summed E-state index contributed by atoms with van der Waals surface area (Å²) in [5, 5.41) is 13.5. The molecule has 0 saturated heterocycles.